The summed E-state index contributed by atoms with van der Waals surface area (Å²) in [7, 11) is 0. The fourth-order valence-electron chi connectivity index (χ4n) is 2.59. The molecular formula is C18H29NOS. The van der Waals surface area contributed by atoms with E-state index in [1.54, 1.807) is 11.3 Å². The Morgan fingerprint density at radius 3 is 2.57 bits per heavy atom. The molecule has 0 radical (unpaired) electrons. The average molecular weight is 308 g/mol. The third-order valence-electron chi connectivity index (χ3n) is 3.61. The second kappa shape index (κ2) is 10.00. The van der Waals surface area contributed by atoms with E-state index in [0.29, 0.717) is 18.4 Å². The molecule has 0 fully saturated rings. The van der Waals surface area contributed by atoms with Crippen LogP contribution in [-0.2, 0) is 6.54 Å². The van der Waals surface area contributed by atoms with Crippen molar-refractivity contribution in [2.75, 3.05) is 13.2 Å². The van der Waals surface area contributed by atoms with Crippen molar-refractivity contribution in [1.29, 1.82) is 0 Å². The van der Waals surface area contributed by atoms with Gasteiger partial charge < -0.3 is 5.11 Å². The van der Waals surface area contributed by atoms with Crippen molar-refractivity contribution in [2.24, 2.45) is 5.92 Å². The van der Waals surface area contributed by atoms with Crippen molar-refractivity contribution in [1.82, 2.24) is 4.90 Å². The van der Waals surface area contributed by atoms with Crippen LogP contribution in [0.25, 0.3) is 0 Å². The van der Waals surface area contributed by atoms with Gasteiger partial charge in [0.1, 0.15) is 0 Å². The predicted octanol–water partition coefficient (Wildman–Crippen LogP) is 4.13. The molecule has 1 aromatic rings. The highest BCUT2D eigenvalue weighted by molar-refractivity contribution is 7.10. The summed E-state index contributed by atoms with van der Waals surface area (Å²) in [4.78, 5) is 3.96. The van der Waals surface area contributed by atoms with Gasteiger partial charge in [0.25, 0.3) is 0 Å². The Hall–Kier alpha value is -0.820. The Bertz CT molecular complexity index is 451. The van der Waals surface area contributed by atoms with Gasteiger partial charge in [-0.25, -0.2) is 0 Å². The molecule has 118 valence electrons. The lowest BCUT2D eigenvalue weighted by Gasteiger charge is -2.31. The maximum Gasteiger partial charge on any atom is 0.0540 e. The Morgan fingerprint density at radius 1 is 1.29 bits per heavy atom. The summed E-state index contributed by atoms with van der Waals surface area (Å²) in [6.45, 7) is 11.4. The van der Waals surface area contributed by atoms with Crippen LogP contribution in [0.15, 0.2) is 11.4 Å². The lowest BCUT2D eigenvalue weighted by molar-refractivity contribution is 0.159. The predicted molar refractivity (Wildman–Crippen MR) is 92.5 cm³/mol. The van der Waals surface area contributed by atoms with Crippen LogP contribution >= 0.6 is 11.3 Å². The molecule has 1 rings (SSSR count). The van der Waals surface area contributed by atoms with Crippen molar-refractivity contribution in [3.63, 3.8) is 0 Å². The van der Waals surface area contributed by atoms with Gasteiger partial charge in [0, 0.05) is 36.0 Å². The van der Waals surface area contributed by atoms with Gasteiger partial charge in [-0.1, -0.05) is 39.5 Å². The van der Waals surface area contributed by atoms with Crippen LogP contribution in [0.3, 0.4) is 0 Å². The zero-order chi connectivity index (χ0) is 15.7. The van der Waals surface area contributed by atoms with E-state index in [1.807, 2.05) is 0 Å². The molecule has 0 spiro atoms. The Morgan fingerprint density at radius 2 is 2.00 bits per heavy atom. The van der Waals surface area contributed by atoms with Crippen molar-refractivity contribution in [2.45, 2.75) is 59.5 Å². The van der Waals surface area contributed by atoms with E-state index in [0.717, 1.165) is 18.7 Å². The second-order valence-corrected chi connectivity index (χ2v) is 6.83. The Kier molecular flexibility index (Phi) is 8.68. The quantitative estimate of drug-likeness (QED) is 0.730. The van der Waals surface area contributed by atoms with Crippen LogP contribution in [0.5, 0.6) is 0 Å². The summed E-state index contributed by atoms with van der Waals surface area (Å²) in [6, 6.07) is 2.75. The topological polar surface area (TPSA) is 23.5 Å². The maximum absolute atomic E-state index is 8.84. The average Bonchev–Trinajstić information content (AvgIpc) is 2.87. The molecule has 0 amide bonds. The van der Waals surface area contributed by atoms with E-state index < -0.39 is 0 Å². The minimum absolute atomic E-state index is 0.139. The summed E-state index contributed by atoms with van der Waals surface area (Å²) in [5, 5.41) is 11.0. The van der Waals surface area contributed by atoms with E-state index in [1.165, 1.54) is 17.7 Å². The highest BCUT2D eigenvalue weighted by Crippen LogP contribution is 2.22. The van der Waals surface area contributed by atoms with E-state index >= 15 is 0 Å². The number of hydrogen-bond acceptors (Lipinski definition) is 3. The number of rotatable bonds is 8. The van der Waals surface area contributed by atoms with Gasteiger partial charge >= 0.3 is 0 Å². The molecule has 0 saturated heterocycles. The van der Waals surface area contributed by atoms with Gasteiger partial charge in [0.2, 0.25) is 0 Å². The smallest absolute Gasteiger partial charge is 0.0540 e. The minimum atomic E-state index is 0.139. The Labute approximate surface area is 134 Å². The standard InChI is InChI=1S/C18H29NOS/c1-5-17(6-2)19(13-15(3)4)14-18-16(10-12-21-18)9-7-8-11-20/h10,12,15,17,20H,5-6,8,11,13-14H2,1-4H3. The summed E-state index contributed by atoms with van der Waals surface area (Å²) < 4.78 is 0. The van der Waals surface area contributed by atoms with Crippen LogP contribution in [0.2, 0.25) is 0 Å². The van der Waals surface area contributed by atoms with E-state index in [4.69, 9.17) is 5.11 Å². The van der Waals surface area contributed by atoms with Gasteiger partial charge in [0.15, 0.2) is 0 Å². The van der Waals surface area contributed by atoms with Gasteiger partial charge in [-0.15, -0.1) is 11.3 Å². The SMILES string of the molecule is CCC(CC)N(Cc1sccc1C#CCCO)CC(C)C. The van der Waals surface area contributed by atoms with E-state index in [9.17, 15) is 0 Å². The summed E-state index contributed by atoms with van der Waals surface area (Å²) in [5.74, 6) is 6.91. The van der Waals surface area contributed by atoms with Crippen molar-refractivity contribution < 1.29 is 5.11 Å². The van der Waals surface area contributed by atoms with Gasteiger partial charge in [0.05, 0.1) is 6.61 Å². The molecule has 0 unspecified atom stereocenters. The van der Waals surface area contributed by atoms with E-state index in [-0.39, 0.29) is 6.61 Å². The van der Waals surface area contributed by atoms with Crippen molar-refractivity contribution >= 4 is 11.3 Å². The van der Waals surface area contributed by atoms with Gasteiger partial charge in [-0.05, 0) is 30.2 Å². The van der Waals surface area contributed by atoms with Gasteiger partial charge in [-0.3, -0.25) is 4.90 Å². The highest BCUT2D eigenvalue weighted by atomic mass is 32.1. The molecule has 21 heavy (non-hydrogen) atoms. The maximum atomic E-state index is 8.84. The zero-order valence-electron chi connectivity index (χ0n) is 13.9. The lowest BCUT2D eigenvalue weighted by Crippen LogP contribution is -2.36. The molecule has 0 atom stereocenters. The molecule has 0 aliphatic carbocycles. The molecule has 0 saturated carbocycles. The van der Waals surface area contributed by atoms with Crippen LogP contribution < -0.4 is 0 Å². The molecular weight excluding hydrogens is 278 g/mol. The largest absolute Gasteiger partial charge is 0.395 e. The summed E-state index contributed by atoms with van der Waals surface area (Å²) in [6.07, 6.45) is 2.94. The van der Waals surface area contributed by atoms with Crippen molar-refractivity contribution in [3.05, 3.63) is 21.9 Å². The number of nitrogens with zero attached hydrogens (tertiary/aromatic N) is 1. The molecule has 1 N–H and O–H groups in total. The fourth-order valence-corrected chi connectivity index (χ4v) is 3.44. The summed E-state index contributed by atoms with van der Waals surface area (Å²) >= 11 is 1.79. The molecule has 2 nitrogen and oxygen atoms in total. The van der Waals surface area contributed by atoms with Crippen LogP contribution in [-0.4, -0.2) is 29.2 Å². The molecule has 0 aliphatic rings. The first-order chi connectivity index (χ1) is 10.1. The molecule has 1 heterocycles. The normalized spacial score (nSPS) is 11.2. The monoisotopic (exact) mass is 307 g/mol. The number of thiophene rings is 1. The number of hydrogen-bond donors (Lipinski definition) is 1. The van der Waals surface area contributed by atoms with Gasteiger partial charge in [-0.2, -0.15) is 0 Å². The lowest BCUT2D eigenvalue weighted by atomic mass is 10.1. The Balaban J connectivity index is 2.84. The van der Waals surface area contributed by atoms with E-state index in [2.05, 4.69) is 55.9 Å². The van der Waals surface area contributed by atoms with Crippen molar-refractivity contribution in [3.8, 4) is 11.8 Å². The fraction of sp³-hybridized carbons (Fsp3) is 0.667. The first-order valence-corrected chi connectivity index (χ1v) is 8.90. The molecule has 1 aromatic heterocycles. The first-order valence-electron chi connectivity index (χ1n) is 8.02. The number of aliphatic hydroxyl groups excluding tert-OH is 1. The van der Waals surface area contributed by atoms with Crippen LogP contribution in [0, 0.1) is 17.8 Å². The minimum Gasteiger partial charge on any atom is -0.395 e. The third kappa shape index (κ3) is 6.22. The second-order valence-electron chi connectivity index (χ2n) is 5.83. The highest BCUT2D eigenvalue weighted by Gasteiger charge is 2.18. The van der Waals surface area contributed by atoms with Crippen LogP contribution in [0.1, 0.15) is 57.4 Å². The van der Waals surface area contributed by atoms with Crippen LogP contribution in [0.4, 0.5) is 0 Å². The third-order valence-corrected chi connectivity index (χ3v) is 4.52. The summed E-state index contributed by atoms with van der Waals surface area (Å²) in [5.41, 5.74) is 1.13. The molecule has 0 bridgehead atoms. The molecule has 3 heteroatoms. The zero-order valence-corrected chi connectivity index (χ0v) is 14.7. The molecule has 0 aromatic carbocycles. The molecule has 0 aliphatic heterocycles. The number of aliphatic hydroxyl groups is 1. The first kappa shape index (κ1) is 18.2.